The third-order valence-electron chi connectivity index (χ3n) is 5.98. The maximum Gasteiger partial charge on any atom is 0.260 e. The number of hydrogen-bond donors (Lipinski definition) is 2. The maximum absolute atomic E-state index is 14.1. The number of aromatic amines is 1. The summed E-state index contributed by atoms with van der Waals surface area (Å²) < 4.78 is 33.2. The molecule has 1 atom stereocenters. The van der Waals surface area contributed by atoms with Gasteiger partial charge in [0.2, 0.25) is 5.91 Å². The van der Waals surface area contributed by atoms with Crippen LogP contribution in [0.3, 0.4) is 0 Å². The molecule has 0 saturated heterocycles. The molecular weight excluding hydrogens is 440 g/mol. The van der Waals surface area contributed by atoms with Gasteiger partial charge in [0.05, 0.1) is 12.2 Å². The first kappa shape index (κ1) is 21.6. The van der Waals surface area contributed by atoms with E-state index in [1.807, 2.05) is 0 Å². The predicted molar refractivity (Wildman–Crippen MR) is 124 cm³/mol. The van der Waals surface area contributed by atoms with Crippen LogP contribution in [0.1, 0.15) is 12.0 Å². The summed E-state index contributed by atoms with van der Waals surface area (Å²) in [6.45, 7) is 0.0124. The van der Waals surface area contributed by atoms with Crippen molar-refractivity contribution in [2.24, 2.45) is 5.73 Å². The lowest BCUT2D eigenvalue weighted by Gasteiger charge is -2.33. The van der Waals surface area contributed by atoms with Gasteiger partial charge in [-0.25, -0.2) is 8.78 Å². The predicted octanol–water partition coefficient (Wildman–Crippen LogP) is 4.33. The number of H-pyrrole nitrogens is 1. The van der Waals surface area contributed by atoms with E-state index in [4.69, 9.17) is 10.5 Å². The van der Waals surface area contributed by atoms with Crippen LogP contribution >= 0.6 is 0 Å². The number of nitrogens with one attached hydrogen (secondary N) is 1. The summed E-state index contributed by atoms with van der Waals surface area (Å²) in [4.78, 5) is 29.9. The van der Waals surface area contributed by atoms with Gasteiger partial charge < -0.3 is 20.4 Å². The van der Waals surface area contributed by atoms with Crippen molar-refractivity contribution >= 4 is 28.4 Å². The number of amides is 2. The number of carbonyl (C=O) groups excluding carboxylic acids is 2. The Morgan fingerprint density at radius 2 is 1.76 bits per heavy atom. The number of benzene rings is 3. The highest BCUT2D eigenvalue weighted by molar-refractivity contribution is 5.98. The Hall–Kier alpha value is -4.20. The van der Waals surface area contributed by atoms with Crippen LogP contribution in [0.15, 0.2) is 66.7 Å². The summed E-state index contributed by atoms with van der Waals surface area (Å²) in [5.41, 5.74) is 8.90. The van der Waals surface area contributed by atoms with Gasteiger partial charge in [0.15, 0.2) is 6.10 Å². The number of ether oxygens (including phenoxy) is 1. The van der Waals surface area contributed by atoms with Crippen LogP contribution in [0.5, 0.6) is 5.75 Å². The number of primary amides is 1. The molecule has 0 fully saturated rings. The summed E-state index contributed by atoms with van der Waals surface area (Å²) in [6, 6.07) is 17.4. The van der Waals surface area contributed by atoms with Crippen LogP contribution in [0.4, 0.5) is 14.5 Å². The number of carbonyl (C=O) groups is 2. The molecule has 8 heteroatoms. The minimum atomic E-state index is -0.948. The largest absolute Gasteiger partial charge is 0.477 e. The molecule has 0 saturated carbocycles. The summed E-state index contributed by atoms with van der Waals surface area (Å²) in [7, 11) is 0. The Morgan fingerprint density at radius 1 is 1.03 bits per heavy atom. The molecule has 5 rings (SSSR count). The van der Waals surface area contributed by atoms with Crippen molar-refractivity contribution in [2.75, 3.05) is 11.4 Å². The Morgan fingerprint density at radius 3 is 2.53 bits per heavy atom. The number of nitrogens with two attached hydrogens (primary N) is 1. The number of hydrogen-bond acceptors (Lipinski definition) is 3. The van der Waals surface area contributed by atoms with Crippen LogP contribution in [-0.4, -0.2) is 29.4 Å². The van der Waals surface area contributed by atoms with Gasteiger partial charge in [-0.2, -0.15) is 0 Å². The van der Waals surface area contributed by atoms with Crippen molar-refractivity contribution in [3.05, 3.63) is 83.9 Å². The molecule has 0 bridgehead atoms. The number of aromatic nitrogens is 1. The van der Waals surface area contributed by atoms with Gasteiger partial charge in [0.25, 0.3) is 5.91 Å². The van der Waals surface area contributed by atoms with Crippen molar-refractivity contribution in [2.45, 2.75) is 18.9 Å². The first-order chi connectivity index (χ1) is 16.4. The molecule has 6 nitrogen and oxygen atoms in total. The van der Waals surface area contributed by atoms with E-state index in [-0.39, 0.29) is 24.7 Å². The molecule has 0 spiro atoms. The van der Waals surface area contributed by atoms with E-state index in [2.05, 4.69) is 4.98 Å². The lowest BCUT2D eigenvalue weighted by Crippen LogP contribution is -2.49. The normalized spacial score (nSPS) is 15.1. The minimum Gasteiger partial charge on any atom is -0.477 e. The molecule has 1 aromatic heterocycles. The zero-order valence-corrected chi connectivity index (χ0v) is 18.1. The van der Waals surface area contributed by atoms with Crippen molar-refractivity contribution < 1.29 is 23.1 Å². The van der Waals surface area contributed by atoms with Crippen LogP contribution in [0.2, 0.25) is 0 Å². The molecular formula is C26H21F2N3O3. The zero-order chi connectivity index (χ0) is 23.8. The molecule has 3 N–H and O–H groups in total. The van der Waals surface area contributed by atoms with Gasteiger partial charge in [-0.3, -0.25) is 9.59 Å². The topological polar surface area (TPSA) is 88.4 Å². The Bertz CT molecular complexity index is 1400. The van der Waals surface area contributed by atoms with E-state index in [9.17, 15) is 18.4 Å². The molecule has 2 heterocycles. The first-order valence-corrected chi connectivity index (χ1v) is 10.8. The monoisotopic (exact) mass is 461 g/mol. The average Bonchev–Trinajstić information content (AvgIpc) is 3.19. The van der Waals surface area contributed by atoms with Gasteiger partial charge in [-0.1, -0.05) is 12.1 Å². The Labute approximate surface area is 193 Å². The number of anilines is 1. The lowest BCUT2D eigenvalue weighted by molar-refractivity contribution is -0.125. The fourth-order valence-corrected chi connectivity index (χ4v) is 4.33. The molecule has 0 aliphatic carbocycles. The van der Waals surface area contributed by atoms with Crippen LogP contribution in [0.25, 0.3) is 22.2 Å². The van der Waals surface area contributed by atoms with E-state index in [1.165, 1.54) is 29.2 Å². The number of halogens is 2. The number of fused-ring (bicyclic) bond motifs is 2. The smallest absolute Gasteiger partial charge is 0.260 e. The van der Waals surface area contributed by atoms with Crippen molar-refractivity contribution in [1.82, 2.24) is 4.98 Å². The van der Waals surface area contributed by atoms with Crippen LogP contribution in [-0.2, 0) is 16.0 Å². The summed E-state index contributed by atoms with van der Waals surface area (Å²) in [5.74, 6) is -1.23. The van der Waals surface area contributed by atoms with Crippen molar-refractivity contribution in [3.8, 4) is 17.0 Å². The summed E-state index contributed by atoms with van der Waals surface area (Å²) >= 11 is 0. The third kappa shape index (κ3) is 3.98. The number of rotatable bonds is 5. The van der Waals surface area contributed by atoms with E-state index in [0.29, 0.717) is 34.5 Å². The molecule has 4 aromatic rings. The Balaban J connectivity index is 1.47. The summed E-state index contributed by atoms with van der Waals surface area (Å²) in [6.07, 6.45) is -0.552. The second-order valence-corrected chi connectivity index (χ2v) is 8.16. The molecule has 3 aromatic carbocycles. The zero-order valence-electron chi connectivity index (χ0n) is 18.1. The first-order valence-electron chi connectivity index (χ1n) is 10.8. The molecule has 1 unspecified atom stereocenters. The molecule has 34 heavy (non-hydrogen) atoms. The quantitative estimate of drug-likeness (QED) is 0.464. The highest BCUT2D eigenvalue weighted by atomic mass is 19.1. The SMILES string of the molecule is NC(=O)C1CN(C(=O)CCc2c(-c3ccc(F)cc3)[nH]c3ccc(F)cc23)c2ccccc2O1. The maximum atomic E-state index is 14.1. The van der Waals surface area contributed by atoms with Gasteiger partial charge in [0, 0.05) is 23.0 Å². The highest BCUT2D eigenvalue weighted by Crippen LogP contribution is 2.35. The van der Waals surface area contributed by atoms with Gasteiger partial charge in [-0.15, -0.1) is 0 Å². The fraction of sp³-hybridized carbons (Fsp3) is 0.154. The molecule has 1 aliphatic heterocycles. The van der Waals surface area contributed by atoms with Gasteiger partial charge >= 0.3 is 0 Å². The number of nitrogens with zero attached hydrogens (tertiary/aromatic N) is 1. The number of aryl methyl sites for hydroxylation is 1. The van der Waals surface area contributed by atoms with Crippen LogP contribution in [0, 0.1) is 11.6 Å². The Kier molecular flexibility index (Phi) is 5.49. The highest BCUT2D eigenvalue weighted by Gasteiger charge is 2.32. The van der Waals surface area contributed by atoms with Gasteiger partial charge in [0.1, 0.15) is 17.4 Å². The third-order valence-corrected chi connectivity index (χ3v) is 5.98. The average molecular weight is 461 g/mol. The van der Waals surface area contributed by atoms with E-state index < -0.39 is 17.8 Å². The minimum absolute atomic E-state index is 0.0124. The summed E-state index contributed by atoms with van der Waals surface area (Å²) in [5, 5.41) is 0.657. The molecule has 1 aliphatic rings. The van der Waals surface area contributed by atoms with Crippen LogP contribution < -0.4 is 15.4 Å². The van der Waals surface area contributed by atoms with Crippen molar-refractivity contribution in [3.63, 3.8) is 0 Å². The van der Waals surface area contributed by atoms with Gasteiger partial charge in [-0.05, 0) is 72.1 Å². The second kappa shape index (κ2) is 8.62. The van der Waals surface area contributed by atoms with E-state index in [0.717, 1.165) is 11.1 Å². The second-order valence-electron chi connectivity index (χ2n) is 8.16. The molecule has 172 valence electrons. The number of para-hydroxylation sites is 2. The van der Waals surface area contributed by atoms with E-state index >= 15 is 0 Å². The fourth-order valence-electron chi connectivity index (χ4n) is 4.33. The molecule has 0 radical (unpaired) electrons. The standard InChI is InChI=1S/C26H21F2N3O3/c27-16-7-5-15(6-8-16)25-18(19-13-17(28)9-11-20(19)30-25)10-12-24(32)31-14-23(26(29)33)34-22-4-2-1-3-21(22)31/h1-9,11,13,23,30H,10,12,14H2,(H2,29,33). The lowest BCUT2D eigenvalue weighted by atomic mass is 10.0. The van der Waals surface area contributed by atoms with E-state index in [1.54, 1.807) is 42.5 Å². The van der Waals surface area contributed by atoms with Crippen molar-refractivity contribution in [1.29, 1.82) is 0 Å². The molecule has 2 amide bonds.